The Morgan fingerprint density at radius 3 is 1.94 bits per heavy atom. The van der Waals surface area contributed by atoms with Gasteiger partial charge in [0.15, 0.2) is 11.3 Å². The van der Waals surface area contributed by atoms with Crippen LogP contribution in [0, 0.1) is 0 Å². The summed E-state index contributed by atoms with van der Waals surface area (Å²) >= 11 is 0. The van der Waals surface area contributed by atoms with E-state index in [0.29, 0.717) is 28.0 Å². The van der Waals surface area contributed by atoms with E-state index in [2.05, 4.69) is 19.7 Å². The van der Waals surface area contributed by atoms with Crippen LogP contribution in [0.3, 0.4) is 0 Å². The fourth-order valence-electron chi connectivity index (χ4n) is 3.31. The Morgan fingerprint density at radius 2 is 1.37 bits per heavy atom. The van der Waals surface area contributed by atoms with E-state index in [9.17, 15) is 4.79 Å². The molecule has 0 unspecified atom stereocenters. The third kappa shape index (κ3) is 5.37. The van der Waals surface area contributed by atoms with Gasteiger partial charge in [0, 0.05) is 12.1 Å². The minimum Gasteiger partial charge on any atom is -0.496 e. The van der Waals surface area contributed by atoms with Crippen molar-refractivity contribution < 1.29 is 23.4 Å². The van der Waals surface area contributed by atoms with Gasteiger partial charge in [-0.1, -0.05) is 19.7 Å². The monoisotopic (exact) mass is 478 g/mol. The molecule has 0 saturated heterocycles. The second-order valence-electron chi connectivity index (χ2n) is 9.93. The molecule has 0 aliphatic heterocycles. The number of hydrogen-bond donors (Lipinski definition) is 0. The summed E-state index contributed by atoms with van der Waals surface area (Å²) in [5, 5.41) is 0.632. The number of methoxy groups -OCH3 is 1. The first-order valence-corrected chi connectivity index (χ1v) is 11.4. The summed E-state index contributed by atoms with van der Waals surface area (Å²) in [6, 6.07) is 6.68. The number of rotatable bonds is 10. The molecule has 0 atom stereocenters. The first-order valence-electron chi connectivity index (χ1n) is 11.4. The van der Waals surface area contributed by atoms with Gasteiger partial charge in [0.2, 0.25) is 11.2 Å². The molecule has 3 aromatic rings. The SMILES string of the molecule is C=CC(C)(C)Oc1cc(OC)c2c(=O)c3ccc(OC(C)(C)C=C)c(OC(C)(C)C=C)c3oc2c1. The van der Waals surface area contributed by atoms with Crippen molar-refractivity contribution in [3.05, 3.63) is 72.5 Å². The molecule has 0 N–H and O–H groups in total. The summed E-state index contributed by atoms with van der Waals surface area (Å²) in [5.41, 5.74) is -1.83. The average Bonchev–Trinajstić information content (AvgIpc) is 2.79. The lowest BCUT2D eigenvalue weighted by molar-refractivity contribution is 0.125. The topological polar surface area (TPSA) is 67.1 Å². The lowest BCUT2D eigenvalue weighted by atomic mass is 10.1. The molecule has 0 radical (unpaired) electrons. The molecule has 1 heterocycles. The Bertz CT molecular complexity index is 1360. The summed E-state index contributed by atoms with van der Waals surface area (Å²) in [4.78, 5) is 13.6. The molecule has 186 valence electrons. The molecule has 0 fully saturated rings. The molecule has 0 saturated carbocycles. The van der Waals surface area contributed by atoms with E-state index in [1.165, 1.54) is 7.11 Å². The molecule has 6 nitrogen and oxygen atoms in total. The van der Waals surface area contributed by atoms with Gasteiger partial charge >= 0.3 is 0 Å². The Morgan fingerprint density at radius 1 is 0.800 bits per heavy atom. The fourth-order valence-corrected chi connectivity index (χ4v) is 3.31. The third-order valence-corrected chi connectivity index (χ3v) is 5.61. The first kappa shape index (κ1) is 25.9. The smallest absolute Gasteiger partial charge is 0.205 e. The Balaban J connectivity index is 2.40. The highest BCUT2D eigenvalue weighted by Crippen LogP contribution is 2.42. The predicted octanol–water partition coefficient (Wildman–Crippen LogP) is 6.99. The van der Waals surface area contributed by atoms with Crippen molar-refractivity contribution in [3.8, 4) is 23.0 Å². The van der Waals surface area contributed by atoms with E-state index >= 15 is 0 Å². The normalized spacial score (nSPS) is 12.3. The summed E-state index contributed by atoms with van der Waals surface area (Å²) in [6.45, 7) is 22.7. The lowest BCUT2D eigenvalue weighted by Gasteiger charge is -2.28. The summed E-state index contributed by atoms with van der Waals surface area (Å²) in [5.74, 6) is 1.51. The molecule has 6 heteroatoms. The van der Waals surface area contributed by atoms with Crippen LogP contribution in [-0.2, 0) is 0 Å². The largest absolute Gasteiger partial charge is 0.496 e. The molecule has 0 aliphatic carbocycles. The van der Waals surface area contributed by atoms with Crippen LogP contribution in [0.1, 0.15) is 41.5 Å². The van der Waals surface area contributed by atoms with Crippen molar-refractivity contribution >= 4 is 21.9 Å². The molecule has 0 spiro atoms. The average molecular weight is 479 g/mol. The zero-order chi connectivity index (χ0) is 26.2. The summed E-state index contributed by atoms with van der Waals surface area (Å²) in [6.07, 6.45) is 5.04. The molecular formula is C29H34O6. The Labute approximate surface area is 206 Å². The van der Waals surface area contributed by atoms with Crippen LogP contribution in [0.25, 0.3) is 21.9 Å². The predicted molar refractivity (Wildman–Crippen MR) is 141 cm³/mol. The van der Waals surface area contributed by atoms with Crippen molar-refractivity contribution in [2.45, 2.75) is 58.3 Å². The van der Waals surface area contributed by atoms with Gasteiger partial charge < -0.3 is 23.4 Å². The van der Waals surface area contributed by atoms with Crippen LogP contribution in [-0.4, -0.2) is 23.9 Å². The van der Waals surface area contributed by atoms with Crippen LogP contribution in [0.15, 0.2) is 71.4 Å². The van der Waals surface area contributed by atoms with Crippen LogP contribution in [0.4, 0.5) is 0 Å². The fraction of sp³-hybridized carbons (Fsp3) is 0.345. The molecule has 35 heavy (non-hydrogen) atoms. The highest BCUT2D eigenvalue weighted by Gasteiger charge is 2.27. The van der Waals surface area contributed by atoms with E-state index < -0.39 is 16.8 Å². The molecule has 1 aromatic heterocycles. The number of fused-ring (bicyclic) bond motifs is 2. The first-order chi connectivity index (χ1) is 16.3. The van der Waals surface area contributed by atoms with Gasteiger partial charge in [-0.25, -0.2) is 0 Å². The van der Waals surface area contributed by atoms with Crippen molar-refractivity contribution in [2.75, 3.05) is 7.11 Å². The number of ether oxygens (including phenoxy) is 4. The maximum Gasteiger partial charge on any atom is 0.205 e. The molecule has 2 aromatic carbocycles. The maximum atomic E-state index is 13.6. The minimum absolute atomic E-state index is 0.247. The van der Waals surface area contributed by atoms with Gasteiger partial charge in [-0.2, -0.15) is 0 Å². The molecule has 0 aliphatic rings. The maximum absolute atomic E-state index is 13.6. The van der Waals surface area contributed by atoms with E-state index in [4.69, 9.17) is 23.4 Å². The minimum atomic E-state index is -0.769. The van der Waals surface area contributed by atoms with Crippen LogP contribution < -0.4 is 24.4 Å². The van der Waals surface area contributed by atoms with Crippen molar-refractivity contribution in [1.29, 1.82) is 0 Å². The second-order valence-corrected chi connectivity index (χ2v) is 9.93. The second kappa shape index (κ2) is 9.17. The van der Waals surface area contributed by atoms with Gasteiger partial charge in [0.25, 0.3) is 0 Å². The van der Waals surface area contributed by atoms with Gasteiger partial charge in [0.05, 0.1) is 12.5 Å². The molecular weight excluding hydrogens is 444 g/mol. The van der Waals surface area contributed by atoms with Gasteiger partial charge in [0.1, 0.15) is 39.3 Å². The standard InChI is InChI=1S/C29H34O6/c1-11-27(4,5)33-18-16-21(31-10)23-22(17-18)32-25-19(24(23)30)14-15-20(34-28(6,7)12-2)26(25)35-29(8,9)13-3/h11-17H,1-3H2,4-10H3. The third-order valence-electron chi connectivity index (χ3n) is 5.61. The van der Waals surface area contributed by atoms with E-state index in [1.54, 1.807) is 42.5 Å². The van der Waals surface area contributed by atoms with E-state index in [-0.39, 0.29) is 22.3 Å². The Kier molecular flexibility index (Phi) is 6.80. The molecule has 0 amide bonds. The van der Waals surface area contributed by atoms with Crippen LogP contribution >= 0.6 is 0 Å². The highest BCUT2D eigenvalue weighted by atomic mass is 16.5. The van der Waals surface area contributed by atoms with Crippen LogP contribution in [0.2, 0.25) is 0 Å². The van der Waals surface area contributed by atoms with Crippen molar-refractivity contribution in [3.63, 3.8) is 0 Å². The Hall–Kier alpha value is -3.67. The summed E-state index contributed by atoms with van der Waals surface area (Å²) in [7, 11) is 1.50. The lowest BCUT2D eigenvalue weighted by Crippen LogP contribution is -2.28. The van der Waals surface area contributed by atoms with E-state index in [0.717, 1.165) is 0 Å². The van der Waals surface area contributed by atoms with E-state index in [1.807, 2.05) is 41.5 Å². The zero-order valence-corrected chi connectivity index (χ0v) is 21.6. The zero-order valence-electron chi connectivity index (χ0n) is 21.6. The van der Waals surface area contributed by atoms with Gasteiger partial charge in [-0.15, -0.1) is 0 Å². The summed E-state index contributed by atoms with van der Waals surface area (Å²) < 4.78 is 30.4. The van der Waals surface area contributed by atoms with Crippen molar-refractivity contribution in [2.24, 2.45) is 0 Å². The quantitative estimate of drug-likeness (QED) is 0.231. The number of hydrogen-bond acceptors (Lipinski definition) is 6. The van der Waals surface area contributed by atoms with Crippen LogP contribution in [0.5, 0.6) is 23.0 Å². The molecule has 3 rings (SSSR count). The number of benzene rings is 2. The van der Waals surface area contributed by atoms with Gasteiger partial charge in [-0.05, 0) is 71.9 Å². The van der Waals surface area contributed by atoms with Gasteiger partial charge in [-0.3, -0.25) is 4.79 Å². The highest BCUT2D eigenvalue weighted by molar-refractivity contribution is 5.97. The molecule has 0 bridgehead atoms. The van der Waals surface area contributed by atoms with Crippen molar-refractivity contribution in [1.82, 2.24) is 0 Å².